The zero-order chi connectivity index (χ0) is 14.5. The number of carbonyl (C=O) groups is 1. The first kappa shape index (κ1) is 13.4. The van der Waals surface area contributed by atoms with Crippen LogP contribution in [0.1, 0.15) is 15.9 Å². The Kier molecular flexibility index (Phi) is 3.82. The van der Waals surface area contributed by atoms with Gasteiger partial charge in [0, 0.05) is 11.9 Å². The highest BCUT2D eigenvalue weighted by molar-refractivity contribution is 5.89. The summed E-state index contributed by atoms with van der Waals surface area (Å²) in [4.78, 5) is 15.4. The number of pyridine rings is 1. The summed E-state index contributed by atoms with van der Waals surface area (Å²) in [5.41, 5.74) is 7.75. The van der Waals surface area contributed by atoms with Crippen LogP contribution in [0.25, 0.3) is 0 Å². The summed E-state index contributed by atoms with van der Waals surface area (Å²) in [6, 6.07) is 10.2. The van der Waals surface area contributed by atoms with Crippen LogP contribution in [0.4, 0.5) is 17.2 Å². The predicted molar refractivity (Wildman–Crippen MR) is 74.4 cm³/mol. The van der Waals surface area contributed by atoms with Gasteiger partial charge >= 0.3 is 5.97 Å². The molecule has 1 heterocycles. The number of carbonyl (C=O) groups excluding carboxylic acids is 1. The van der Waals surface area contributed by atoms with Crippen molar-refractivity contribution in [3.8, 4) is 6.07 Å². The van der Waals surface area contributed by atoms with E-state index in [0.29, 0.717) is 22.6 Å². The third-order valence-electron chi connectivity index (χ3n) is 2.62. The van der Waals surface area contributed by atoms with Crippen LogP contribution in [0.15, 0.2) is 36.5 Å². The molecule has 0 aliphatic carbocycles. The SMILES string of the molecule is COC(=O)c1ccc(Nc2ncc(C#N)cc2N)cc1. The van der Waals surface area contributed by atoms with E-state index in [9.17, 15) is 4.79 Å². The Bertz CT molecular complexity index is 675. The Morgan fingerprint density at radius 1 is 1.40 bits per heavy atom. The van der Waals surface area contributed by atoms with E-state index in [1.165, 1.54) is 19.4 Å². The van der Waals surface area contributed by atoms with Crippen LogP contribution in [-0.4, -0.2) is 18.1 Å². The lowest BCUT2D eigenvalue weighted by atomic mass is 10.2. The van der Waals surface area contributed by atoms with Crippen LogP contribution in [0.2, 0.25) is 0 Å². The Hall–Kier alpha value is -3.07. The van der Waals surface area contributed by atoms with Crippen LogP contribution >= 0.6 is 0 Å². The molecule has 100 valence electrons. The fraction of sp³-hybridized carbons (Fsp3) is 0.0714. The number of hydrogen-bond acceptors (Lipinski definition) is 6. The van der Waals surface area contributed by atoms with Crippen molar-refractivity contribution in [2.24, 2.45) is 0 Å². The molecule has 0 amide bonds. The van der Waals surface area contributed by atoms with Crippen molar-refractivity contribution in [3.63, 3.8) is 0 Å². The first-order valence-electron chi connectivity index (χ1n) is 5.75. The highest BCUT2D eigenvalue weighted by Crippen LogP contribution is 2.21. The second kappa shape index (κ2) is 5.71. The lowest BCUT2D eigenvalue weighted by Crippen LogP contribution is -2.02. The largest absolute Gasteiger partial charge is 0.465 e. The average Bonchev–Trinajstić information content (AvgIpc) is 2.49. The van der Waals surface area contributed by atoms with Gasteiger partial charge in [0.25, 0.3) is 0 Å². The number of nitrogens with zero attached hydrogens (tertiary/aromatic N) is 2. The van der Waals surface area contributed by atoms with Crippen molar-refractivity contribution in [1.82, 2.24) is 4.98 Å². The van der Waals surface area contributed by atoms with Gasteiger partial charge in [-0.1, -0.05) is 0 Å². The number of benzene rings is 1. The number of nitrogens with one attached hydrogen (secondary N) is 1. The van der Waals surface area contributed by atoms with Crippen molar-refractivity contribution in [2.75, 3.05) is 18.2 Å². The smallest absolute Gasteiger partial charge is 0.337 e. The number of nitrogens with two attached hydrogens (primary N) is 1. The molecule has 3 N–H and O–H groups in total. The Morgan fingerprint density at radius 2 is 2.10 bits per heavy atom. The maximum Gasteiger partial charge on any atom is 0.337 e. The zero-order valence-electron chi connectivity index (χ0n) is 10.8. The van der Waals surface area contributed by atoms with Gasteiger partial charge in [-0.25, -0.2) is 9.78 Å². The van der Waals surface area contributed by atoms with Gasteiger partial charge in [-0.3, -0.25) is 0 Å². The molecule has 0 radical (unpaired) electrons. The molecule has 20 heavy (non-hydrogen) atoms. The van der Waals surface area contributed by atoms with Crippen molar-refractivity contribution in [2.45, 2.75) is 0 Å². The van der Waals surface area contributed by atoms with Gasteiger partial charge in [0.05, 0.1) is 23.9 Å². The Balaban J connectivity index is 2.18. The number of anilines is 3. The summed E-state index contributed by atoms with van der Waals surface area (Å²) in [6.45, 7) is 0. The number of rotatable bonds is 3. The summed E-state index contributed by atoms with van der Waals surface area (Å²) < 4.78 is 4.62. The van der Waals surface area contributed by atoms with Crippen molar-refractivity contribution < 1.29 is 9.53 Å². The van der Waals surface area contributed by atoms with Gasteiger partial charge in [0.2, 0.25) is 0 Å². The van der Waals surface area contributed by atoms with E-state index in [1.54, 1.807) is 24.3 Å². The average molecular weight is 268 g/mol. The van der Waals surface area contributed by atoms with Gasteiger partial charge in [0.15, 0.2) is 5.82 Å². The molecule has 0 saturated carbocycles. The summed E-state index contributed by atoms with van der Waals surface area (Å²) in [5, 5.41) is 11.7. The Labute approximate surface area is 115 Å². The van der Waals surface area contributed by atoms with Gasteiger partial charge < -0.3 is 15.8 Å². The Morgan fingerprint density at radius 3 is 2.65 bits per heavy atom. The molecule has 1 aromatic carbocycles. The zero-order valence-corrected chi connectivity index (χ0v) is 10.8. The van der Waals surface area contributed by atoms with Crippen LogP contribution in [0.3, 0.4) is 0 Å². The molecule has 0 atom stereocenters. The first-order chi connectivity index (χ1) is 9.63. The topological polar surface area (TPSA) is 101 Å². The molecule has 0 spiro atoms. The molecule has 0 saturated heterocycles. The minimum atomic E-state index is -0.396. The molecule has 2 aromatic rings. The van der Waals surface area contributed by atoms with Crippen molar-refractivity contribution in [3.05, 3.63) is 47.7 Å². The number of nitrogen functional groups attached to an aromatic ring is 1. The maximum absolute atomic E-state index is 11.3. The van der Waals surface area contributed by atoms with Crippen molar-refractivity contribution >= 4 is 23.2 Å². The lowest BCUT2D eigenvalue weighted by Gasteiger charge is -2.08. The summed E-state index contributed by atoms with van der Waals surface area (Å²) in [5.74, 6) is 0.0578. The summed E-state index contributed by atoms with van der Waals surface area (Å²) in [6.07, 6.45) is 1.43. The van der Waals surface area contributed by atoms with Gasteiger partial charge in [-0.05, 0) is 30.3 Å². The van der Waals surface area contributed by atoms with E-state index in [2.05, 4.69) is 15.0 Å². The fourth-order valence-electron chi connectivity index (χ4n) is 1.59. The number of aromatic nitrogens is 1. The van der Waals surface area contributed by atoms with Gasteiger partial charge in [-0.2, -0.15) is 5.26 Å². The molecule has 0 bridgehead atoms. The van der Waals surface area contributed by atoms with Gasteiger partial charge in [0.1, 0.15) is 6.07 Å². The summed E-state index contributed by atoms with van der Waals surface area (Å²) in [7, 11) is 1.33. The molecule has 0 aliphatic heterocycles. The number of ether oxygens (including phenoxy) is 1. The standard InChI is InChI=1S/C14H12N4O2/c1-20-14(19)10-2-4-11(5-3-10)18-13-12(16)6-9(7-15)8-17-13/h2-6,8H,16H2,1H3,(H,17,18). The quantitative estimate of drug-likeness (QED) is 0.826. The highest BCUT2D eigenvalue weighted by atomic mass is 16.5. The summed E-state index contributed by atoms with van der Waals surface area (Å²) >= 11 is 0. The molecule has 2 rings (SSSR count). The fourth-order valence-corrected chi connectivity index (χ4v) is 1.59. The molecule has 0 fully saturated rings. The van der Waals surface area contributed by atoms with E-state index in [-0.39, 0.29) is 0 Å². The number of methoxy groups -OCH3 is 1. The molecular formula is C14H12N4O2. The molecule has 1 aromatic heterocycles. The van der Waals surface area contributed by atoms with Crippen LogP contribution in [0.5, 0.6) is 0 Å². The minimum absolute atomic E-state index is 0.376. The molecule has 0 aliphatic rings. The highest BCUT2D eigenvalue weighted by Gasteiger charge is 2.06. The van der Waals surface area contributed by atoms with E-state index in [4.69, 9.17) is 11.0 Å². The predicted octanol–water partition coefficient (Wildman–Crippen LogP) is 2.07. The molecule has 6 nitrogen and oxygen atoms in total. The van der Waals surface area contributed by atoms with E-state index < -0.39 is 5.97 Å². The van der Waals surface area contributed by atoms with Crippen LogP contribution < -0.4 is 11.1 Å². The number of nitriles is 1. The maximum atomic E-state index is 11.3. The lowest BCUT2D eigenvalue weighted by molar-refractivity contribution is 0.0601. The minimum Gasteiger partial charge on any atom is -0.465 e. The normalized spacial score (nSPS) is 9.60. The van der Waals surface area contributed by atoms with E-state index >= 15 is 0 Å². The molecular weight excluding hydrogens is 256 g/mol. The third-order valence-corrected chi connectivity index (χ3v) is 2.62. The van der Waals surface area contributed by atoms with Gasteiger partial charge in [-0.15, -0.1) is 0 Å². The molecule has 0 unspecified atom stereocenters. The van der Waals surface area contributed by atoms with E-state index in [0.717, 1.165) is 5.69 Å². The monoisotopic (exact) mass is 268 g/mol. The molecule has 6 heteroatoms. The second-order valence-corrected chi connectivity index (χ2v) is 3.97. The number of esters is 1. The first-order valence-corrected chi connectivity index (χ1v) is 5.75. The third kappa shape index (κ3) is 2.84. The van der Waals surface area contributed by atoms with E-state index in [1.807, 2.05) is 6.07 Å². The van der Waals surface area contributed by atoms with Crippen LogP contribution in [0, 0.1) is 11.3 Å². The second-order valence-electron chi connectivity index (χ2n) is 3.97. The number of hydrogen-bond donors (Lipinski definition) is 2. The van der Waals surface area contributed by atoms with Crippen molar-refractivity contribution in [1.29, 1.82) is 5.26 Å². The van der Waals surface area contributed by atoms with Crippen LogP contribution in [-0.2, 0) is 4.74 Å².